The van der Waals surface area contributed by atoms with Crippen molar-refractivity contribution in [1.29, 1.82) is 0 Å². The molecule has 0 radical (unpaired) electrons. The number of aryl methyl sites for hydroxylation is 1. The summed E-state index contributed by atoms with van der Waals surface area (Å²) in [5, 5.41) is 3.39. The van der Waals surface area contributed by atoms with Gasteiger partial charge in [0.05, 0.1) is 0 Å². The van der Waals surface area contributed by atoms with E-state index in [-0.39, 0.29) is 0 Å². The van der Waals surface area contributed by atoms with Gasteiger partial charge in [0.2, 0.25) is 0 Å². The summed E-state index contributed by atoms with van der Waals surface area (Å²) in [7, 11) is 0. The first-order chi connectivity index (χ1) is 6.33. The third kappa shape index (κ3) is 1.41. The molecule has 0 aromatic carbocycles. The predicted octanol–water partition coefficient (Wildman–Crippen LogP) is 2.31. The molecule has 0 saturated heterocycles. The number of hydrogen-bond donors (Lipinski definition) is 1. The third-order valence-corrected chi connectivity index (χ3v) is 3.28. The molecule has 2 N–H and O–H groups in total. The molecule has 68 valence electrons. The van der Waals surface area contributed by atoms with Crippen LogP contribution < -0.4 is 5.73 Å². The van der Waals surface area contributed by atoms with E-state index in [1.165, 1.54) is 16.1 Å². The van der Waals surface area contributed by atoms with Gasteiger partial charge >= 0.3 is 0 Å². The van der Waals surface area contributed by atoms with Crippen molar-refractivity contribution >= 4 is 11.3 Å². The highest BCUT2D eigenvalue weighted by atomic mass is 32.1. The van der Waals surface area contributed by atoms with Crippen LogP contribution in [0, 0.1) is 6.92 Å². The van der Waals surface area contributed by atoms with Gasteiger partial charge in [-0.3, -0.25) is 0 Å². The van der Waals surface area contributed by atoms with Crippen LogP contribution in [0.4, 0.5) is 0 Å². The van der Waals surface area contributed by atoms with Crippen LogP contribution in [-0.4, -0.2) is 4.57 Å². The predicted molar refractivity (Wildman–Crippen MR) is 56.3 cm³/mol. The zero-order valence-corrected chi connectivity index (χ0v) is 8.34. The van der Waals surface area contributed by atoms with E-state index in [0.717, 1.165) is 0 Å². The van der Waals surface area contributed by atoms with Gasteiger partial charge < -0.3 is 10.3 Å². The maximum atomic E-state index is 5.70. The highest BCUT2D eigenvalue weighted by Crippen LogP contribution is 2.25. The largest absolute Gasteiger partial charge is 0.326 e. The van der Waals surface area contributed by atoms with Crippen molar-refractivity contribution in [2.75, 3.05) is 0 Å². The molecule has 2 nitrogen and oxygen atoms in total. The smallest absolute Gasteiger partial charge is 0.104 e. The summed E-state index contributed by atoms with van der Waals surface area (Å²) >= 11 is 1.74. The fraction of sp³-hybridized carbons (Fsp3) is 0.200. The Labute approximate surface area is 81.6 Å². The fourth-order valence-corrected chi connectivity index (χ4v) is 2.45. The minimum Gasteiger partial charge on any atom is -0.326 e. The summed E-state index contributed by atoms with van der Waals surface area (Å²) in [5.74, 6) is 0. The Morgan fingerprint density at radius 1 is 1.38 bits per heavy atom. The topological polar surface area (TPSA) is 30.9 Å². The summed E-state index contributed by atoms with van der Waals surface area (Å²) in [5.41, 5.74) is 8.23. The number of hydrogen-bond acceptors (Lipinski definition) is 2. The molecule has 0 aliphatic rings. The number of thiophene rings is 1. The van der Waals surface area contributed by atoms with Crippen LogP contribution in [0.5, 0.6) is 0 Å². The minimum atomic E-state index is 0.614. The molecule has 0 aliphatic heterocycles. The van der Waals surface area contributed by atoms with Gasteiger partial charge in [-0.2, -0.15) is 0 Å². The van der Waals surface area contributed by atoms with Crippen molar-refractivity contribution in [1.82, 2.24) is 4.57 Å². The van der Waals surface area contributed by atoms with Crippen molar-refractivity contribution in [3.05, 3.63) is 41.0 Å². The molecule has 0 bridgehead atoms. The van der Waals surface area contributed by atoms with Crippen LogP contribution in [0.25, 0.3) is 5.00 Å². The molecule has 3 heteroatoms. The average molecular weight is 192 g/mol. The van der Waals surface area contributed by atoms with E-state index in [1.807, 2.05) is 24.5 Å². The van der Waals surface area contributed by atoms with Crippen molar-refractivity contribution < 1.29 is 0 Å². The van der Waals surface area contributed by atoms with E-state index < -0.39 is 0 Å². The maximum absolute atomic E-state index is 5.70. The molecule has 0 spiro atoms. The summed E-state index contributed by atoms with van der Waals surface area (Å²) in [6.07, 6.45) is 4.09. The molecule has 2 rings (SSSR count). The molecule has 0 atom stereocenters. The Balaban J connectivity index is 2.52. The quantitative estimate of drug-likeness (QED) is 0.777. The Hall–Kier alpha value is -1.06. The Morgan fingerprint density at radius 2 is 2.08 bits per heavy atom. The Morgan fingerprint density at radius 3 is 2.69 bits per heavy atom. The second-order valence-corrected chi connectivity index (χ2v) is 3.85. The molecule has 0 fully saturated rings. The monoisotopic (exact) mass is 192 g/mol. The zero-order chi connectivity index (χ0) is 9.26. The van der Waals surface area contributed by atoms with Gasteiger partial charge in [-0.15, -0.1) is 11.3 Å². The maximum Gasteiger partial charge on any atom is 0.104 e. The van der Waals surface area contributed by atoms with E-state index in [9.17, 15) is 0 Å². The lowest BCUT2D eigenvalue weighted by Crippen LogP contribution is -2.01. The van der Waals surface area contributed by atoms with Crippen LogP contribution in [0.2, 0.25) is 0 Å². The molecule has 0 amide bonds. The van der Waals surface area contributed by atoms with Gasteiger partial charge in [0.1, 0.15) is 5.00 Å². The molecule has 2 aromatic heterocycles. The van der Waals surface area contributed by atoms with E-state index in [4.69, 9.17) is 5.73 Å². The second-order valence-electron chi connectivity index (χ2n) is 3.00. The van der Waals surface area contributed by atoms with Gasteiger partial charge in [-0.1, -0.05) is 0 Å². The molecular weight excluding hydrogens is 180 g/mol. The normalized spacial score (nSPS) is 10.6. The first-order valence-electron chi connectivity index (χ1n) is 4.23. The molecule has 13 heavy (non-hydrogen) atoms. The fourth-order valence-electron chi connectivity index (χ4n) is 1.39. The molecular formula is C10H12N2S. The van der Waals surface area contributed by atoms with Gasteiger partial charge in [-0.05, 0) is 30.0 Å². The lowest BCUT2D eigenvalue weighted by Gasteiger charge is -2.02. The summed E-state index contributed by atoms with van der Waals surface area (Å²) in [6.45, 7) is 2.72. The average Bonchev–Trinajstić information content (AvgIpc) is 2.71. The van der Waals surface area contributed by atoms with Crippen molar-refractivity contribution in [3.63, 3.8) is 0 Å². The first kappa shape index (κ1) is 8.53. The highest BCUT2D eigenvalue weighted by molar-refractivity contribution is 7.12. The van der Waals surface area contributed by atoms with Gasteiger partial charge in [0.25, 0.3) is 0 Å². The van der Waals surface area contributed by atoms with Crippen LogP contribution in [-0.2, 0) is 6.54 Å². The van der Waals surface area contributed by atoms with Crippen LogP contribution in [0.15, 0.2) is 29.9 Å². The molecule has 0 aliphatic carbocycles. The van der Waals surface area contributed by atoms with E-state index in [0.29, 0.717) is 6.54 Å². The number of nitrogens with two attached hydrogens (primary N) is 1. The minimum absolute atomic E-state index is 0.614. The zero-order valence-electron chi connectivity index (χ0n) is 7.53. The van der Waals surface area contributed by atoms with E-state index in [2.05, 4.69) is 16.9 Å². The first-order valence-corrected chi connectivity index (χ1v) is 5.11. The summed E-state index contributed by atoms with van der Waals surface area (Å²) in [6, 6.07) is 4.05. The molecule has 2 aromatic rings. The van der Waals surface area contributed by atoms with Gasteiger partial charge in [-0.25, -0.2) is 0 Å². The summed E-state index contributed by atoms with van der Waals surface area (Å²) < 4.78 is 2.11. The van der Waals surface area contributed by atoms with Gasteiger partial charge in [0.15, 0.2) is 0 Å². The summed E-state index contributed by atoms with van der Waals surface area (Å²) in [4.78, 5) is 0. The number of rotatable bonds is 2. The van der Waals surface area contributed by atoms with Crippen molar-refractivity contribution in [2.45, 2.75) is 13.5 Å². The van der Waals surface area contributed by atoms with Crippen molar-refractivity contribution in [3.8, 4) is 5.00 Å². The van der Waals surface area contributed by atoms with Gasteiger partial charge in [0, 0.05) is 24.5 Å². The SMILES string of the molecule is Cc1csc(-n2cccc2)c1CN. The molecule has 0 saturated carbocycles. The number of aromatic nitrogens is 1. The van der Waals surface area contributed by atoms with Crippen LogP contribution in [0.1, 0.15) is 11.1 Å². The molecule has 2 heterocycles. The second kappa shape index (κ2) is 3.36. The van der Waals surface area contributed by atoms with E-state index in [1.54, 1.807) is 11.3 Å². The van der Waals surface area contributed by atoms with Crippen LogP contribution >= 0.6 is 11.3 Å². The van der Waals surface area contributed by atoms with Crippen molar-refractivity contribution in [2.24, 2.45) is 5.73 Å². The lowest BCUT2D eigenvalue weighted by molar-refractivity contribution is 1.01. The molecule has 0 unspecified atom stereocenters. The lowest BCUT2D eigenvalue weighted by atomic mass is 10.2. The Bertz CT molecular complexity index is 387. The number of nitrogens with zero attached hydrogens (tertiary/aromatic N) is 1. The standard InChI is InChI=1S/C10H12N2S/c1-8-7-13-10(9(8)6-11)12-4-2-3-5-12/h2-5,7H,6,11H2,1H3. The third-order valence-electron chi connectivity index (χ3n) is 2.12. The highest BCUT2D eigenvalue weighted by Gasteiger charge is 2.07. The Kier molecular flexibility index (Phi) is 2.20. The van der Waals surface area contributed by atoms with Crippen LogP contribution in [0.3, 0.4) is 0 Å². The van der Waals surface area contributed by atoms with E-state index >= 15 is 0 Å².